The zero-order chi connectivity index (χ0) is 16.9. The molecule has 5 nitrogen and oxygen atoms in total. The fourth-order valence-electron chi connectivity index (χ4n) is 2.64. The van der Waals surface area contributed by atoms with E-state index in [0.717, 1.165) is 33.6 Å². The molecule has 0 radical (unpaired) electrons. The van der Waals surface area contributed by atoms with Crippen molar-refractivity contribution in [3.05, 3.63) is 57.7 Å². The van der Waals surface area contributed by atoms with Crippen molar-refractivity contribution in [2.24, 2.45) is 0 Å². The van der Waals surface area contributed by atoms with Gasteiger partial charge in [-0.2, -0.15) is 0 Å². The molecule has 2 aromatic heterocycles. The second-order valence-corrected chi connectivity index (χ2v) is 6.88. The molecule has 0 saturated heterocycles. The van der Waals surface area contributed by atoms with Gasteiger partial charge in [0.1, 0.15) is 0 Å². The Balaban J connectivity index is 1.51. The maximum absolute atomic E-state index is 12.0. The van der Waals surface area contributed by atoms with Gasteiger partial charge in [0.2, 0.25) is 0 Å². The third-order valence-corrected chi connectivity index (χ3v) is 4.93. The maximum Gasteiger partial charge on any atom is 0.315 e. The smallest absolute Gasteiger partial charge is 0.315 e. The molecule has 0 atom stereocenters. The minimum absolute atomic E-state index is 0.165. The zero-order valence-electron chi connectivity index (χ0n) is 13.8. The monoisotopic (exact) mass is 340 g/mol. The van der Waals surface area contributed by atoms with E-state index in [1.54, 1.807) is 17.5 Å². The lowest BCUT2D eigenvalue weighted by atomic mass is 10.1. The number of hydrogen-bond donors (Lipinski definition) is 2. The van der Waals surface area contributed by atoms with Crippen molar-refractivity contribution in [2.45, 2.75) is 26.8 Å². The summed E-state index contributed by atoms with van der Waals surface area (Å²) in [5.41, 5.74) is 3.00. The van der Waals surface area contributed by atoms with Crippen LogP contribution in [0, 0.1) is 13.8 Å². The van der Waals surface area contributed by atoms with Crippen molar-refractivity contribution in [2.75, 3.05) is 6.54 Å². The van der Waals surface area contributed by atoms with E-state index in [4.69, 9.17) is 0 Å². The van der Waals surface area contributed by atoms with Crippen LogP contribution in [0.4, 0.5) is 4.79 Å². The number of para-hydroxylation sites is 1. The molecular weight excluding hydrogens is 320 g/mol. The van der Waals surface area contributed by atoms with Gasteiger partial charge >= 0.3 is 6.03 Å². The van der Waals surface area contributed by atoms with Crippen molar-refractivity contribution >= 4 is 28.3 Å². The number of benzene rings is 1. The number of thiazole rings is 1. The van der Waals surface area contributed by atoms with Crippen LogP contribution in [0.15, 0.2) is 36.5 Å². The summed E-state index contributed by atoms with van der Waals surface area (Å²) in [5.74, 6) is 0. The van der Waals surface area contributed by atoms with E-state index in [1.807, 2.05) is 44.2 Å². The third kappa shape index (κ3) is 3.89. The van der Waals surface area contributed by atoms with Gasteiger partial charge in [-0.15, -0.1) is 11.3 Å². The lowest BCUT2D eigenvalue weighted by Crippen LogP contribution is -2.36. The number of carbonyl (C=O) groups excluding carboxylic acids is 1. The summed E-state index contributed by atoms with van der Waals surface area (Å²) in [6.07, 6.45) is 2.58. The molecule has 124 valence electrons. The fourth-order valence-corrected chi connectivity index (χ4v) is 3.58. The molecule has 0 saturated carbocycles. The molecule has 3 aromatic rings. The van der Waals surface area contributed by atoms with E-state index < -0.39 is 0 Å². The Labute approximate surface area is 145 Å². The average Bonchev–Trinajstić information content (AvgIpc) is 2.90. The fraction of sp³-hybridized carbons (Fsp3) is 0.278. The van der Waals surface area contributed by atoms with E-state index in [9.17, 15) is 4.79 Å². The van der Waals surface area contributed by atoms with Gasteiger partial charge in [-0.1, -0.05) is 24.3 Å². The van der Waals surface area contributed by atoms with Gasteiger partial charge < -0.3 is 10.6 Å². The number of rotatable bonds is 5. The number of urea groups is 1. The summed E-state index contributed by atoms with van der Waals surface area (Å²) >= 11 is 1.69. The number of aromatic nitrogens is 2. The standard InChI is InChI=1S/C18H20N4OS/c1-12-16(24-13(2)22-12)8-10-20-18(23)21-11-15-6-3-5-14-7-4-9-19-17(14)15/h3-7,9H,8,10-11H2,1-2H3,(H2,20,21,23). The highest BCUT2D eigenvalue weighted by Crippen LogP contribution is 2.17. The Morgan fingerprint density at radius 2 is 2.00 bits per heavy atom. The summed E-state index contributed by atoms with van der Waals surface area (Å²) in [7, 11) is 0. The van der Waals surface area contributed by atoms with Crippen LogP contribution in [-0.2, 0) is 13.0 Å². The SMILES string of the molecule is Cc1nc(C)c(CCNC(=O)NCc2cccc3cccnc23)s1. The first-order valence-electron chi connectivity index (χ1n) is 7.90. The second kappa shape index (κ2) is 7.40. The van der Waals surface area contributed by atoms with Gasteiger partial charge in [0.05, 0.1) is 16.2 Å². The second-order valence-electron chi connectivity index (χ2n) is 5.59. The Morgan fingerprint density at radius 3 is 2.79 bits per heavy atom. The van der Waals surface area contributed by atoms with Crippen molar-refractivity contribution in [3.63, 3.8) is 0 Å². The van der Waals surface area contributed by atoms with Gasteiger partial charge in [0.15, 0.2) is 0 Å². The van der Waals surface area contributed by atoms with E-state index in [-0.39, 0.29) is 6.03 Å². The molecule has 2 amide bonds. The molecule has 0 aliphatic carbocycles. The van der Waals surface area contributed by atoms with Gasteiger partial charge in [0.25, 0.3) is 0 Å². The number of aryl methyl sites for hydroxylation is 2. The van der Waals surface area contributed by atoms with Crippen LogP contribution < -0.4 is 10.6 Å². The largest absolute Gasteiger partial charge is 0.338 e. The summed E-state index contributed by atoms with van der Waals surface area (Å²) in [5, 5.41) is 7.93. The molecule has 1 aromatic carbocycles. The predicted octanol–water partition coefficient (Wildman–Crippen LogP) is 3.35. The molecule has 2 heterocycles. The Kier molecular flexibility index (Phi) is 5.05. The first-order chi connectivity index (χ1) is 11.6. The maximum atomic E-state index is 12.0. The number of carbonyl (C=O) groups is 1. The minimum Gasteiger partial charge on any atom is -0.338 e. The Bertz CT molecular complexity index is 854. The zero-order valence-corrected chi connectivity index (χ0v) is 14.6. The quantitative estimate of drug-likeness (QED) is 0.748. The molecule has 24 heavy (non-hydrogen) atoms. The molecule has 6 heteroatoms. The number of amides is 2. The topological polar surface area (TPSA) is 66.9 Å². The number of nitrogens with zero attached hydrogens (tertiary/aromatic N) is 2. The van der Waals surface area contributed by atoms with E-state index >= 15 is 0 Å². The van der Waals surface area contributed by atoms with Crippen LogP contribution in [0.1, 0.15) is 21.1 Å². The lowest BCUT2D eigenvalue weighted by molar-refractivity contribution is 0.240. The minimum atomic E-state index is -0.165. The van der Waals surface area contributed by atoms with Crippen molar-refractivity contribution in [1.29, 1.82) is 0 Å². The molecule has 2 N–H and O–H groups in total. The highest BCUT2D eigenvalue weighted by Gasteiger charge is 2.07. The number of pyridine rings is 1. The molecule has 0 fully saturated rings. The van der Waals surface area contributed by atoms with Gasteiger partial charge in [-0.3, -0.25) is 4.98 Å². The summed E-state index contributed by atoms with van der Waals surface area (Å²) in [4.78, 5) is 22.0. The van der Waals surface area contributed by atoms with Crippen LogP contribution in [0.2, 0.25) is 0 Å². The Hall–Kier alpha value is -2.47. The number of hydrogen-bond acceptors (Lipinski definition) is 4. The van der Waals surface area contributed by atoms with Gasteiger partial charge in [-0.05, 0) is 25.5 Å². The molecule has 0 spiro atoms. The summed E-state index contributed by atoms with van der Waals surface area (Å²) in [6.45, 7) is 5.06. The van der Waals surface area contributed by atoms with Crippen LogP contribution in [-0.4, -0.2) is 22.5 Å². The number of nitrogens with one attached hydrogen (secondary N) is 2. The normalized spacial score (nSPS) is 10.8. The third-order valence-electron chi connectivity index (χ3n) is 3.79. The lowest BCUT2D eigenvalue weighted by Gasteiger charge is -2.09. The average molecular weight is 340 g/mol. The highest BCUT2D eigenvalue weighted by atomic mass is 32.1. The summed E-state index contributed by atoms with van der Waals surface area (Å²) < 4.78 is 0. The van der Waals surface area contributed by atoms with Crippen LogP contribution >= 0.6 is 11.3 Å². The molecule has 0 aliphatic rings. The molecule has 3 rings (SSSR count). The molecule has 0 bridgehead atoms. The molecule has 0 aliphatic heterocycles. The van der Waals surface area contributed by atoms with E-state index in [2.05, 4.69) is 20.6 Å². The first kappa shape index (κ1) is 16.4. The highest BCUT2D eigenvalue weighted by molar-refractivity contribution is 7.11. The van der Waals surface area contributed by atoms with Gasteiger partial charge in [-0.25, -0.2) is 9.78 Å². The van der Waals surface area contributed by atoms with Crippen LogP contribution in [0.5, 0.6) is 0 Å². The van der Waals surface area contributed by atoms with Crippen LogP contribution in [0.3, 0.4) is 0 Å². The summed E-state index contributed by atoms with van der Waals surface area (Å²) in [6, 6.07) is 9.75. The van der Waals surface area contributed by atoms with Crippen molar-refractivity contribution in [3.8, 4) is 0 Å². The Morgan fingerprint density at radius 1 is 1.17 bits per heavy atom. The van der Waals surface area contributed by atoms with Gasteiger partial charge in [0, 0.05) is 36.0 Å². The molecule has 0 unspecified atom stereocenters. The molecular formula is C18H20N4OS. The number of fused-ring (bicyclic) bond motifs is 1. The predicted molar refractivity (Wildman–Crippen MR) is 97.3 cm³/mol. The van der Waals surface area contributed by atoms with Crippen LogP contribution in [0.25, 0.3) is 10.9 Å². The van der Waals surface area contributed by atoms with Crippen molar-refractivity contribution < 1.29 is 4.79 Å². The van der Waals surface area contributed by atoms with E-state index in [1.165, 1.54) is 4.88 Å². The van der Waals surface area contributed by atoms with Crippen molar-refractivity contribution in [1.82, 2.24) is 20.6 Å². The first-order valence-corrected chi connectivity index (χ1v) is 8.72. The van der Waals surface area contributed by atoms with E-state index in [0.29, 0.717) is 13.1 Å².